The van der Waals surface area contributed by atoms with Gasteiger partial charge in [-0.3, -0.25) is 0 Å². The van der Waals surface area contributed by atoms with Crippen molar-refractivity contribution in [2.45, 2.75) is 18.8 Å². The third-order valence-electron chi connectivity index (χ3n) is 9.50. The number of hydrogen-bond donors (Lipinski definition) is 0. The van der Waals surface area contributed by atoms with Crippen molar-refractivity contribution < 1.29 is 0 Å². The summed E-state index contributed by atoms with van der Waals surface area (Å²) in [6, 6.07) is 51.9. The fourth-order valence-corrected chi connectivity index (χ4v) is 7.73. The molecule has 0 radical (unpaired) electrons. The summed E-state index contributed by atoms with van der Waals surface area (Å²) in [5.41, 5.74) is 21.2. The van der Waals surface area contributed by atoms with Crippen molar-refractivity contribution in [2.24, 2.45) is 0 Å². The molecule has 0 N–H and O–H groups in total. The van der Waals surface area contributed by atoms with Crippen LogP contribution in [0.15, 0.2) is 140 Å². The molecule has 0 nitrogen and oxygen atoms in total. The lowest BCUT2D eigenvalue weighted by molar-refractivity contribution is 1.06. The predicted molar refractivity (Wildman–Crippen MR) is 171 cm³/mol. The lowest BCUT2D eigenvalue weighted by Crippen LogP contribution is -2.02. The van der Waals surface area contributed by atoms with Crippen molar-refractivity contribution in [1.82, 2.24) is 0 Å². The van der Waals surface area contributed by atoms with Crippen LogP contribution in [-0.4, -0.2) is 0 Å². The van der Waals surface area contributed by atoms with E-state index < -0.39 is 0 Å². The summed E-state index contributed by atoms with van der Waals surface area (Å²) >= 11 is 0. The fraction of sp³-hybridized carbons (Fsp3) is 0.0732. The average molecular weight is 521 g/mol. The molecule has 3 aliphatic carbocycles. The standard InChI is InChI=1S/C41H28/c1-3-11-26(12-4-1)30-17-9-19-32-33-20-10-18-31(38(33)25-37(30)32)28-21-22-29-24-39-34-15-7-8-16-35(34)40(41(39)36(29)23-28)27-13-5-2-6-14-27/h1-23,40H,24-25H2. The van der Waals surface area contributed by atoms with E-state index in [1.54, 1.807) is 0 Å². The zero-order chi connectivity index (χ0) is 26.9. The zero-order valence-electron chi connectivity index (χ0n) is 22.8. The Hall–Kier alpha value is -4.94. The third-order valence-corrected chi connectivity index (χ3v) is 9.50. The van der Waals surface area contributed by atoms with Gasteiger partial charge in [0.15, 0.2) is 0 Å². The second-order valence-corrected chi connectivity index (χ2v) is 11.6. The lowest BCUT2D eigenvalue weighted by atomic mass is 9.84. The normalized spacial score (nSPS) is 15.8. The van der Waals surface area contributed by atoms with Crippen LogP contribution in [0.25, 0.3) is 44.5 Å². The summed E-state index contributed by atoms with van der Waals surface area (Å²) in [4.78, 5) is 0. The monoisotopic (exact) mass is 520 g/mol. The second-order valence-electron chi connectivity index (χ2n) is 11.6. The van der Waals surface area contributed by atoms with Crippen LogP contribution >= 0.6 is 0 Å². The van der Waals surface area contributed by atoms with Gasteiger partial charge in [-0.2, -0.15) is 0 Å². The number of benzene rings is 6. The van der Waals surface area contributed by atoms with Crippen LogP contribution in [0.4, 0.5) is 0 Å². The molecule has 1 atom stereocenters. The summed E-state index contributed by atoms with van der Waals surface area (Å²) in [6.07, 6.45) is 1.99. The van der Waals surface area contributed by atoms with Crippen molar-refractivity contribution in [2.75, 3.05) is 0 Å². The topological polar surface area (TPSA) is 0 Å². The zero-order valence-corrected chi connectivity index (χ0v) is 22.8. The summed E-state index contributed by atoms with van der Waals surface area (Å²) in [7, 11) is 0. The molecule has 3 aliphatic rings. The number of hydrogen-bond acceptors (Lipinski definition) is 0. The molecule has 0 aromatic heterocycles. The Bertz CT molecular complexity index is 2030. The predicted octanol–water partition coefficient (Wildman–Crippen LogP) is 10.2. The van der Waals surface area contributed by atoms with Crippen LogP contribution < -0.4 is 0 Å². The summed E-state index contributed by atoms with van der Waals surface area (Å²) in [6.45, 7) is 0. The minimum atomic E-state index is 0.290. The Balaban J connectivity index is 1.18. The van der Waals surface area contributed by atoms with Crippen molar-refractivity contribution in [3.8, 4) is 33.4 Å². The van der Waals surface area contributed by atoms with E-state index in [2.05, 4.69) is 140 Å². The first-order valence-corrected chi connectivity index (χ1v) is 14.7. The molecule has 0 saturated carbocycles. The average Bonchev–Trinajstić information content (AvgIpc) is 3.70. The van der Waals surface area contributed by atoms with Gasteiger partial charge in [0.25, 0.3) is 0 Å². The Labute approximate surface area is 241 Å². The van der Waals surface area contributed by atoms with Crippen LogP contribution in [0.2, 0.25) is 0 Å². The summed E-state index contributed by atoms with van der Waals surface area (Å²) in [5.74, 6) is 0.290. The van der Waals surface area contributed by atoms with Crippen molar-refractivity contribution in [3.05, 3.63) is 178 Å². The Kier molecular flexibility index (Phi) is 4.89. The first-order chi connectivity index (χ1) is 20.3. The largest absolute Gasteiger partial charge is 0.0622 e. The molecule has 0 heterocycles. The molecule has 6 aromatic rings. The van der Waals surface area contributed by atoms with Gasteiger partial charge in [0.2, 0.25) is 0 Å². The highest BCUT2D eigenvalue weighted by Crippen LogP contribution is 2.56. The molecule has 1 unspecified atom stereocenters. The molecule has 0 aliphatic heterocycles. The Morgan fingerprint density at radius 1 is 0.415 bits per heavy atom. The van der Waals surface area contributed by atoms with Crippen molar-refractivity contribution in [1.29, 1.82) is 0 Å². The number of fused-ring (bicyclic) bond motifs is 7. The van der Waals surface area contributed by atoms with E-state index in [1.807, 2.05) is 0 Å². The summed E-state index contributed by atoms with van der Waals surface area (Å²) in [5, 5.41) is 0. The van der Waals surface area contributed by atoms with Crippen molar-refractivity contribution >= 4 is 11.1 Å². The minimum Gasteiger partial charge on any atom is -0.0622 e. The van der Waals surface area contributed by atoms with E-state index in [1.165, 1.54) is 83.5 Å². The molecule has 0 amide bonds. The highest BCUT2D eigenvalue weighted by Gasteiger charge is 2.37. The highest BCUT2D eigenvalue weighted by atomic mass is 14.4. The Morgan fingerprint density at radius 3 is 1.78 bits per heavy atom. The van der Waals surface area contributed by atoms with Crippen LogP contribution in [0.3, 0.4) is 0 Å². The highest BCUT2D eigenvalue weighted by molar-refractivity contribution is 6.06. The SMILES string of the molecule is c1ccc(-c2cccc3c2Cc2c(-c4ccc5c(c4)C4=C(C5)c5ccccc5C4c4ccccc4)cccc2-3)cc1. The van der Waals surface area contributed by atoms with Crippen LogP contribution in [0.5, 0.6) is 0 Å². The van der Waals surface area contributed by atoms with Crippen molar-refractivity contribution in [3.63, 3.8) is 0 Å². The molecule has 0 saturated heterocycles. The van der Waals surface area contributed by atoms with E-state index in [0.29, 0.717) is 0 Å². The molecule has 6 aromatic carbocycles. The Morgan fingerprint density at radius 2 is 1.02 bits per heavy atom. The number of rotatable bonds is 3. The van der Waals surface area contributed by atoms with Gasteiger partial charge in [0.05, 0.1) is 0 Å². The van der Waals surface area contributed by atoms with Crippen LogP contribution in [0, 0.1) is 0 Å². The van der Waals surface area contributed by atoms with Gasteiger partial charge in [-0.15, -0.1) is 0 Å². The molecule has 0 spiro atoms. The van der Waals surface area contributed by atoms with E-state index in [-0.39, 0.29) is 5.92 Å². The molecular weight excluding hydrogens is 492 g/mol. The molecule has 9 rings (SSSR count). The molecule has 192 valence electrons. The maximum atomic E-state index is 2.50. The van der Waals surface area contributed by atoms with E-state index in [0.717, 1.165) is 12.8 Å². The molecule has 0 bridgehead atoms. The first-order valence-electron chi connectivity index (χ1n) is 14.7. The lowest BCUT2D eigenvalue weighted by Gasteiger charge is -2.19. The second kappa shape index (κ2) is 8.78. The van der Waals surface area contributed by atoms with Gasteiger partial charge in [-0.05, 0) is 102 Å². The quantitative estimate of drug-likeness (QED) is 0.217. The minimum absolute atomic E-state index is 0.290. The molecule has 0 heteroatoms. The van der Waals surface area contributed by atoms with Gasteiger partial charge in [-0.1, -0.05) is 133 Å². The van der Waals surface area contributed by atoms with Gasteiger partial charge in [0, 0.05) is 5.92 Å². The smallest absolute Gasteiger partial charge is 0.0355 e. The maximum Gasteiger partial charge on any atom is 0.0355 e. The fourth-order valence-electron chi connectivity index (χ4n) is 7.73. The van der Waals surface area contributed by atoms with Crippen LogP contribution in [-0.2, 0) is 12.8 Å². The van der Waals surface area contributed by atoms with Crippen LogP contribution in [0.1, 0.15) is 44.9 Å². The summed E-state index contributed by atoms with van der Waals surface area (Å²) < 4.78 is 0. The van der Waals surface area contributed by atoms with Gasteiger partial charge >= 0.3 is 0 Å². The van der Waals surface area contributed by atoms with E-state index in [9.17, 15) is 0 Å². The first kappa shape index (κ1) is 22.8. The number of allylic oxidation sites excluding steroid dienone is 2. The van der Waals surface area contributed by atoms with Gasteiger partial charge in [-0.25, -0.2) is 0 Å². The molecule has 0 fully saturated rings. The van der Waals surface area contributed by atoms with E-state index in [4.69, 9.17) is 0 Å². The van der Waals surface area contributed by atoms with E-state index >= 15 is 0 Å². The maximum absolute atomic E-state index is 2.50. The van der Waals surface area contributed by atoms with Gasteiger partial charge in [0.1, 0.15) is 0 Å². The molecular formula is C41H28. The van der Waals surface area contributed by atoms with Gasteiger partial charge < -0.3 is 0 Å². The third kappa shape index (κ3) is 3.34. The molecule has 41 heavy (non-hydrogen) atoms.